The Morgan fingerprint density at radius 1 is 1.35 bits per heavy atom. The molecule has 0 saturated heterocycles. The second kappa shape index (κ2) is 5.78. The Bertz CT molecular complexity index is 397. The smallest absolute Gasteiger partial charge is 0.176 e. The summed E-state index contributed by atoms with van der Waals surface area (Å²) in [5, 5.41) is 0. The SMILES string of the molecule is CC1C=CCN(CC(=O)c2ccccc2)CC1. The molecule has 0 aliphatic carbocycles. The Labute approximate surface area is 103 Å². The fourth-order valence-electron chi connectivity index (χ4n) is 2.08. The van der Waals surface area contributed by atoms with Crippen molar-refractivity contribution in [1.29, 1.82) is 0 Å². The van der Waals surface area contributed by atoms with Crippen LogP contribution in [0.3, 0.4) is 0 Å². The Hall–Kier alpha value is -1.41. The average molecular weight is 229 g/mol. The van der Waals surface area contributed by atoms with Crippen molar-refractivity contribution >= 4 is 5.78 Å². The lowest BCUT2D eigenvalue weighted by Gasteiger charge is -2.18. The van der Waals surface area contributed by atoms with Crippen LogP contribution in [0.4, 0.5) is 0 Å². The molecular weight excluding hydrogens is 210 g/mol. The van der Waals surface area contributed by atoms with Crippen molar-refractivity contribution in [3.05, 3.63) is 48.0 Å². The first-order valence-electron chi connectivity index (χ1n) is 6.23. The van der Waals surface area contributed by atoms with Gasteiger partial charge in [-0.15, -0.1) is 0 Å². The topological polar surface area (TPSA) is 20.3 Å². The van der Waals surface area contributed by atoms with E-state index in [-0.39, 0.29) is 5.78 Å². The summed E-state index contributed by atoms with van der Waals surface area (Å²) in [5.41, 5.74) is 0.814. The summed E-state index contributed by atoms with van der Waals surface area (Å²) in [5.74, 6) is 0.848. The minimum atomic E-state index is 0.216. The third-order valence-corrected chi connectivity index (χ3v) is 3.19. The number of rotatable bonds is 3. The van der Waals surface area contributed by atoms with E-state index < -0.39 is 0 Å². The van der Waals surface area contributed by atoms with E-state index in [4.69, 9.17) is 0 Å². The van der Waals surface area contributed by atoms with Crippen LogP contribution in [0.2, 0.25) is 0 Å². The molecule has 0 radical (unpaired) electrons. The fourth-order valence-corrected chi connectivity index (χ4v) is 2.08. The van der Waals surface area contributed by atoms with Gasteiger partial charge >= 0.3 is 0 Å². The zero-order valence-corrected chi connectivity index (χ0v) is 10.3. The van der Waals surface area contributed by atoms with Crippen molar-refractivity contribution in [2.75, 3.05) is 19.6 Å². The molecule has 90 valence electrons. The van der Waals surface area contributed by atoms with E-state index >= 15 is 0 Å². The van der Waals surface area contributed by atoms with E-state index in [1.807, 2.05) is 30.3 Å². The van der Waals surface area contributed by atoms with Crippen molar-refractivity contribution in [3.8, 4) is 0 Å². The standard InChI is InChI=1S/C15H19NO/c1-13-6-5-10-16(11-9-13)12-15(17)14-7-3-2-4-8-14/h2-8,13H,9-12H2,1H3. The van der Waals surface area contributed by atoms with Crippen LogP contribution in [0, 0.1) is 5.92 Å². The third-order valence-electron chi connectivity index (χ3n) is 3.19. The summed E-state index contributed by atoms with van der Waals surface area (Å²) in [4.78, 5) is 14.3. The second-order valence-corrected chi connectivity index (χ2v) is 4.72. The lowest BCUT2D eigenvalue weighted by molar-refractivity contribution is 0.0937. The second-order valence-electron chi connectivity index (χ2n) is 4.72. The molecular formula is C15H19NO. The van der Waals surface area contributed by atoms with Crippen molar-refractivity contribution in [1.82, 2.24) is 4.90 Å². The molecule has 0 fully saturated rings. The van der Waals surface area contributed by atoms with Gasteiger partial charge in [0, 0.05) is 12.1 Å². The molecule has 1 aromatic carbocycles. The van der Waals surface area contributed by atoms with Gasteiger partial charge in [-0.1, -0.05) is 49.4 Å². The summed E-state index contributed by atoms with van der Waals surface area (Å²) in [6, 6.07) is 9.54. The number of allylic oxidation sites excluding steroid dienone is 1. The van der Waals surface area contributed by atoms with Crippen LogP contribution in [-0.2, 0) is 0 Å². The highest BCUT2D eigenvalue weighted by Crippen LogP contribution is 2.11. The number of carbonyl (C=O) groups excluding carboxylic acids is 1. The molecule has 2 heteroatoms. The van der Waals surface area contributed by atoms with Gasteiger partial charge in [-0.25, -0.2) is 0 Å². The van der Waals surface area contributed by atoms with Crippen LogP contribution in [0.5, 0.6) is 0 Å². The first kappa shape index (κ1) is 12.1. The van der Waals surface area contributed by atoms with E-state index in [1.165, 1.54) is 0 Å². The summed E-state index contributed by atoms with van der Waals surface area (Å²) < 4.78 is 0. The third kappa shape index (κ3) is 3.53. The maximum absolute atomic E-state index is 12.0. The minimum absolute atomic E-state index is 0.216. The highest BCUT2D eigenvalue weighted by molar-refractivity contribution is 5.97. The van der Waals surface area contributed by atoms with Gasteiger partial charge < -0.3 is 0 Å². The van der Waals surface area contributed by atoms with Crippen LogP contribution in [0.15, 0.2) is 42.5 Å². The van der Waals surface area contributed by atoms with Crippen LogP contribution >= 0.6 is 0 Å². The molecule has 0 saturated carbocycles. The molecule has 2 rings (SSSR count). The molecule has 1 heterocycles. The van der Waals surface area contributed by atoms with Gasteiger partial charge in [-0.2, -0.15) is 0 Å². The van der Waals surface area contributed by atoms with Gasteiger partial charge in [0.05, 0.1) is 6.54 Å². The van der Waals surface area contributed by atoms with E-state index in [9.17, 15) is 4.79 Å². The summed E-state index contributed by atoms with van der Waals surface area (Å²) in [6.07, 6.45) is 5.56. The Morgan fingerprint density at radius 3 is 2.88 bits per heavy atom. The van der Waals surface area contributed by atoms with Crippen LogP contribution in [0.1, 0.15) is 23.7 Å². The minimum Gasteiger partial charge on any atom is -0.293 e. The maximum Gasteiger partial charge on any atom is 0.176 e. The summed E-state index contributed by atoms with van der Waals surface area (Å²) in [7, 11) is 0. The van der Waals surface area contributed by atoms with Crippen LogP contribution < -0.4 is 0 Å². The van der Waals surface area contributed by atoms with Crippen molar-refractivity contribution in [2.24, 2.45) is 5.92 Å². The number of carbonyl (C=O) groups is 1. The number of benzene rings is 1. The molecule has 0 amide bonds. The molecule has 0 aromatic heterocycles. The summed E-state index contributed by atoms with van der Waals surface area (Å²) in [6.45, 7) is 4.65. The molecule has 17 heavy (non-hydrogen) atoms. The average Bonchev–Trinajstić information content (AvgIpc) is 2.56. The fraction of sp³-hybridized carbons (Fsp3) is 0.400. The van der Waals surface area contributed by atoms with Crippen molar-refractivity contribution in [2.45, 2.75) is 13.3 Å². The lowest BCUT2D eigenvalue weighted by Crippen LogP contribution is -2.30. The van der Waals surface area contributed by atoms with Gasteiger partial charge in [0.25, 0.3) is 0 Å². The molecule has 1 aliphatic heterocycles. The van der Waals surface area contributed by atoms with Gasteiger partial charge in [-0.3, -0.25) is 9.69 Å². The lowest BCUT2D eigenvalue weighted by atomic mass is 10.1. The molecule has 1 unspecified atom stereocenters. The largest absolute Gasteiger partial charge is 0.293 e. The maximum atomic E-state index is 12.0. The quantitative estimate of drug-likeness (QED) is 0.587. The Morgan fingerprint density at radius 2 is 2.12 bits per heavy atom. The van der Waals surface area contributed by atoms with E-state index in [2.05, 4.69) is 24.0 Å². The van der Waals surface area contributed by atoms with E-state index in [1.54, 1.807) is 0 Å². The first-order chi connectivity index (χ1) is 8.25. The zero-order chi connectivity index (χ0) is 12.1. The molecule has 1 atom stereocenters. The number of hydrogen-bond donors (Lipinski definition) is 0. The predicted molar refractivity (Wildman–Crippen MR) is 70.1 cm³/mol. The van der Waals surface area contributed by atoms with E-state index in [0.29, 0.717) is 12.5 Å². The monoisotopic (exact) mass is 229 g/mol. The predicted octanol–water partition coefficient (Wildman–Crippen LogP) is 2.77. The van der Waals surface area contributed by atoms with Crippen molar-refractivity contribution < 1.29 is 4.79 Å². The highest BCUT2D eigenvalue weighted by atomic mass is 16.1. The number of ketones is 1. The normalized spacial score (nSPS) is 21.1. The zero-order valence-electron chi connectivity index (χ0n) is 10.3. The number of nitrogens with zero attached hydrogens (tertiary/aromatic N) is 1. The van der Waals surface area contributed by atoms with Crippen LogP contribution in [-0.4, -0.2) is 30.3 Å². The molecule has 2 nitrogen and oxygen atoms in total. The number of Topliss-reactive ketones (excluding diaryl/α,β-unsaturated/α-hetero) is 1. The summed E-state index contributed by atoms with van der Waals surface area (Å²) >= 11 is 0. The van der Waals surface area contributed by atoms with Gasteiger partial charge in [-0.05, 0) is 18.9 Å². The van der Waals surface area contributed by atoms with Crippen LogP contribution in [0.25, 0.3) is 0 Å². The molecule has 1 aromatic rings. The van der Waals surface area contributed by atoms with Gasteiger partial charge in [0.1, 0.15) is 0 Å². The van der Waals surface area contributed by atoms with Gasteiger partial charge in [0.15, 0.2) is 5.78 Å². The Balaban J connectivity index is 1.93. The number of hydrogen-bond acceptors (Lipinski definition) is 2. The molecule has 0 N–H and O–H groups in total. The molecule has 0 spiro atoms. The van der Waals surface area contributed by atoms with Gasteiger partial charge in [0.2, 0.25) is 0 Å². The highest BCUT2D eigenvalue weighted by Gasteiger charge is 2.14. The van der Waals surface area contributed by atoms with E-state index in [0.717, 1.165) is 25.1 Å². The Kier molecular flexibility index (Phi) is 4.10. The van der Waals surface area contributed by atoms with Crippen molar-refractivity contribution in [3.63, 3.8) is 0 Å². The molecule has 0 bridgehead atoms. The first-order valence-corrected chi connectivity index (χ1v) is 6.23. The molecule has 1 aliphatic rings.